The second-order valence-corrected chi connectivity index (χ2v) is 8.92. The van der Waals surface area contributed by atoms with Crippen molar-refractivity contribution in [3.8, 4) is 17.0 Å². The zero-order valence-corrected chi connectivity index (χ0v) is 20.2. The largest absolute Gasteiger partial charge is 0.480 e. The first kappa shape index (κ1) is 24.3. The van der Waals surface area contributed by atoms with Crippen LogP contribution in [-0.2, 0) is 11.3 Å². The molecule has 1 saturated carbocycles. The zero-order valence-electron chi connectivity index (χ0n) is 20.2. The van der Waals surface area contributed by atoms with Gasteiger partial charge < -0.3 is 29.4 Å². The highest BCUT2D eigenvalue weighted by Gasteiger charge is 2.24. The summed E-state index contributed by atoms with van der Waals surface area (Å²) >= 11 is 0. The number of aliphatic hydroxyl groups excluding tert-OH is 1. The number of methoxy groups -OCH3 is 1. The third kappa shape index (κ3) is 4.82. The SMILES string of the molecule is COc1nc(N[C@H]2CC[C@H](OCCO)CC2)nc2[nH]cc(-c3cnc4nc(C)n(CC(F)F)c4c3)c12. The lowest BCUT2D eigenvalue weighted by atomic mass is 9.93. The van der Waals surface area contributed by atoms with Crippen molar-refractivity contribution in [2.24, 2.45) is 0 Å². The van der Waals surface area contributed by atoms with E-state index in [1.54, 1.807) is 32.5 Å². The predicted octanol–water partition coefficient (Wildman–Crippen LogP) is 3.68. The molecule has 192 valence electrons. The summed E-state index contributed by atoms with van der Waals surface area (Å²) < 4.78 is 39.0. The first-order chi connectivity index (χ1) is 17.5. The number of ether oxygens (including phenoxy) is 2. The van der Waals surface area contributed by atoms with Gasteiger partial charge in [0.05, 0.1) is 43.9 Å². The van der Waals surface area contributed by atoms with Crippen molar-refractivity contribution in [3.05, 3.63) is 24.3 Å². The number of pyridine rings is 1. The Labute approximate surface area is 206 Å². The van der Waals surface area contributed by atoms with Crippen LogP contribution in [0.4, 0.5) is 14.7 Å². The smallest absolute Gasteiger partial charge is 0.256 e. The summed E-state index contributed by atoms with van der Waals surface area (Å²) in [5.74, 6) is 1.35. The highest BCUT2D eigenvalue weighted by molar-refractivity contribution is 5.98. The number of aromatic amines is 1. The average molecular weight is 502 g/mol. The van der Waals surface area contributed by atoms with E-state index >= 15 is 0 Å². The van der Waals surface area contributed by atoms with Gasteiger partial charge in [0.25, 0.3) is 6.43 Å². The Morgan fingerprint density at radius 2 is 2.03 bits per heavy atom. The molecule has 4 aromatic heterocycles. The molecule has 4 heterocycles. The van der Waals surface area contributed by atoms with Crippen molar-refractivity contribution < 1.29 is 23.4 Å². The van der Waals surface area contributed by atoms with Crippen molar-refractivity contribution in [2.75, 3.05) is 25.6 Å². The van der Waals surface area contributed by atoms with Gasteiger partial charge in [-0.25, -0.2) is 18.7 Å². The number of rotatable bonds is 9. The fourth-order valence-corrected chi connectivity index (χ4v) is 4.85. The van der Waals surface area contributed by atoms with Crippen LogP contribution in [0.25, 0.3) is 33.3 Å². The van der Waals surface area contributed by atoms with E-state index in [9.17, 15) is 8.78 Å². The molecule has 3 N–H and O–H groups in total. The van der Waals surface area contributed by atoms with Crippen molar-refractivity contribution in [1.29, 1.82) is 0 Å². The average Bonchev–Trinajstić information content (AvgIpc) is 3.43. The zero-order chi connectivity index (χ0) is 25.2. The van der Waals surface area contributed by atoms with Gasteiger partial charge in [-0.1, -0.05) is 0 Å². The number of nitrogens with zero attached hydrogens (tertiary/aromatic N) is 5. The van der Waals surface area contributed by atoms with Crippen LogP contribution in [0, 0.1) is 6.92 Å². The summed E-state index contributed by atoms with van der Waals surface area (Å²) in [4.78, 5) is 21.1. The third-order valence-corrected chi connectivity index (χ3v) is 6.57. The Balaban J connectivity index is 1.42. The first-order valence-corrected chi connectivity index (χ1v) is 12.0. The van der Waals surface area contributed by atoms with Gasteiger partial charge in [0, 0.05) is 29.6 Å². The van der Waals surface area contributed by atoms with E-state index in [1.807, 2.05) is 0 Å². The molecule has 0 bridgehead atoms. The number of aryl methyl sites for hydroxylation is 1. The molecule has 5 rings (SSSR count). The third-order valence-electron chi connectivity index (χ3n) is 6.57. The van der Waals surface area contributed by atoms with Gasteiger partial charge in [-0.3, -0.25) is 0 Å². The van der Waals surface area contributed by atoms with Crippen LogP contribution in [0.2, 0.25) is 0 Å². The van der Waals surface area contributed by atoms with Crippen molar-refractivity contribution in [1.82, 2.24) is 29.5 Å². The molecule has 0 aliphatic heterocycles. The number of H-pyrrole nitrogens is 1. The summed E-state index contributed by atoms with van der Waals surface area (Å²) in [5, 5.41) is 13.0. The quantitative estimate of drug-likeness (QED) is 0.317. The molecular weight excluding hydrogens is 472 g/mol. The summed E-state index contributed by atoms with van der Waals surface area (Å²) in [7, 11) is 1.55. The molecule has 36 heavy (non-hydrogen) atoms. The number of nitrogens with one attached hydrogen (secondary N) is 2. The Morgan fingerprint density at radius 3 is 2.75 bits per heavy atom. The second-order valence-electron chi connectivity index (χ2n) is 8.92. The molecule has 0 amide bonds. The minimum atomic E-state index is -2.50. The molecule has 1 aliphatic rings. The highest BCUT2D eigenvalue weighted by atomic mass is 19.3. The van der Waals surface area contributed by atoms with Crippen LogP contribution in [0.5, 0.6) is 5.88 Å². The van der Waals surface area contributed by atoms with E-state index in [0.717, 1.165) is 31.2 Å². The van der Waals surface area contributed by atoms with Gasteiger partial charge in [-0.15, -0.1) is 0 Å². The maximum absolute atomic E-state index is 13.1. The molecule has 0 atom stereocenters. The Bertz CT molecular complexity index is 1350. The van der Waals surface area contributed by atoms with Crippen molar-refractivity contribution >= 4 is 28.1 Å². The van der Waals surface area contributed by atoms with Gasteiger partial charge in [0.15, 0.2) is 5.65 Å². The first-order valence-electron chi connectivity index (χ1n) is 12.0. The molecule has 0 aromatic carbocycles. The van der Waals surface area contributed by atoms with Gasteiger partial charge >= 0.3 is 0 Å². The maximum Gasteiger partial charge on any atom is 0.256 e. The van der Waals surface area contributed by atoms with Crippen LogP contribution in [0.1, 0.15) is 31.5 Å². The topological polar surface area (TPSA) is 123 Å². The monoisotopic (exact) mass is 501 g/mol. The van der Waals surface area contributed by atoms with Crippen LogP contribution in [-0.4, -0.2) is 73.5 Å². The minimum Gasteiger partial charge on any atom is -0.480 e. The van der Waals surface area contributed by atoms with Crippen LogP contribution >= 0.6 is 0 Å². The molecule has 0 saturated heterocycles. The molecule has 0 radical (unpaired) electrons. The van der Waals surface area contributed by atoms with Gasteiger partial charge in [0.1, 0.15) is 11.5 Å². The number of fused-ring (bicyclic) bond motifs is 2. The molecule has 4 aromatic rings. The van der Waals surface area contributed by atoms with E-state index in [2.05, 4.69) is 30.2 Å². The Morgan fingerprint density at radius 1 is 1.22 bits per heavy atom. The maximum atomic E-state index is 13.1. The highest BCUT2D eigenvalue weighted by Crippen LogP contribution is 2.35. The number of aliphatic hydroxyl groups is 1. The summed E-state index contributed by atoms with van der Waals surface area (Å²) in [6, 6.07) is 2.01. The summed E-state index contributed by atoms with van der Waals surface area (Å²) in [6.45, 7) is 1.64. The van der Waals surface area contributed by atoms with Crippen molar-refractivity contribution in [2.45, 2.75) is 57.7 Å². The number of aromatic nitrogens is 6. The molecule has 1 fully saturated rings. The summed E-state index contributed by atoms with van der Waals surface area (Å²) in [5.41, 5.74) is 3.02. The summed E-state index contributed by atoms with van der Waals surface area (Å²) in [6.07, 6.45) is 4.75. The number of anilines is 1. The lowest BCUT2D eigenvalue weighted by molar-refractivity contribution is 0.00719. The fraction of sp³-hybridized carbons (Fsp3) is 0.500. The Kier molecular flexibility index (Phi) is 6.97. The molecule has 12 heteroatoms. The number of hydrogen-bond acceptors (Lipinski definition) is 8. The molecule has 0 unspecified atom stereocenters. The number of hydrogen-bond donors (Lipinski definition) is 3. The van der Waals surface area contributed by atoms with E-state index in [1.165, 1.54) is 4.57 Å². The molecule has 1 aliphatic carbocycles. The number of alkyl halides is 2. The van der Waals surface area contributed by atoms with E-state index in [0.29, 0.717) is 52.0 Å². The number of imidazole rings is 1. The lowest BCUT2D eigenvalue weighted by Gasteiger charge is -2.29. The molecule has 10 nitrogen and oxygen atoms in total. The lowest BCUT2D eigenvalue weighted by Crippen LogP contribution is -2.30. The van der Waals surface area contributed by atoms with Crippen LogP contribution in [0.15, 0.2) is 18.5 Å². The number of halogens is 2. The van der Waals surface area contributed by atoms with Gasteiger partial charge in [-0.2, -0.15) is 9.97 Å². The van der Waals surface area contributed by atoms with Crippen LogP contribution < -0.4 is 10.1 Å². The van der Waals surface area contributed by atoms with Gasteiger partial charge in [-0.05, 0) is 38.7 Å². The van der Waals surface area contributed by atoms with E-state index < -0.39 is 13.0 Å². The normalized spacial score (nSPS) is 18.4. The predicted molar refractivity (Wildman–Crippen MR) is 130 cm³/mol. The molecular formula is C24H29F2N7O3. The second kappa shape index (κ2) is 10.3. The fourth-order valence-electron chi connectivity index (χ4n) is 4.85. The standard InChI is InChI=1S/C24H29F2N7O3/c1-13-29-21-18(33(13)12-19(25)26)9-14(10-27-21)17-11-28-22-20(17)23(35-2)32-24(31-22)30-15-3-5-16(6-4-15)36-8-7-34/h9-11,15-16,19,34H,3-8,12H2,1-2H3,(H2,28,30,31,32)/t15-,16-. The van der Waals surface area contributed by atoms with E-state index in [-0.39, 0.29) is 18.8 Å². The minimum absolute atomic E-state index is 0.0346. The van der Waals surface area contributed by atoms with Gasteiger partial charge in [0.2, 0.25) is 11.8 Å². The van der Waals surface area contributed by atoms with Crippen molar-refractivity contribution in [3.63, 3.8) is 0 Å². The van der Waals surface area contributed by atoms with Crippen LogP contribution in [0.3, 0.4) is 0 Å². The Hall–Kier alpha value is -3.38. The molecule has 0 spiro atoms. The van der Waals surface area contributed by atoms with E-state index in [4.69, 9.17) is 14.6 Å².